The van der Waals surface area contributed by atoms with Crippen LogP contribution in [0.5, 0.6) is 0 Å². The lowest BCUT2D eigenvalue weighted by molar-refractivity contribution is -0.120. The predicted molar refractivity (Wildman–Crippen MR) is 134 cm³/mol. The van der Waals surface area contributed by atoms with E-state index in [1.54, 1.807) is 26.2 Å². The van der Waals surface area contributed by atoms with Crippen LogP contribution in [-0.2, 0) is 14.8 Å². The van der Waals surface area contributed by atoms with Gasteiger partial charge in [0.15, 0.2) is 0 Å². The molecule has 0 atom stereocenters. The lowest BCUT2D eigenvalue weighted by Crippen LogP contribution is -2.47. The Morgan fingerprint density at radius 1 is 0.941 bits per heavy atom. The van der Waals surface area contributed by atoms with Crippen LogP contribution in [0.4, 0.5) is 17.3 Å². The zero-order valence-electron chi connectivity index (χ0n) is 19.9. The standard InChI is InChI=1S/C24H34N6O3S/c1-18(2)34(32,33)28-21-6-4-19(5-7-21)23(31)27-20-8-10-22(11-9-20)29-14-16-30(17-15-29)24-25-12-3-13-26-24/h3,8-13,18-19,21,28H,4-7,14-17H2,1-2H3,(H,27,31). The molecule has 1 saturated carbocycles. The molecule has 2 aromatic rings. The summed E-state index contributed by atoms with van der Waals surface area (Å²) in [6, 6.07) is 9.72. The van der Waals surface area contributed by atoms with Crippen molar-refractivity contribution in [2.45, 2.75) is 50.8 Å². The number of amides is 1. The van der Waals surface area contributed by atoms with Crippen LogP contribution < -0.4 is 19.8 Å². The zero-order valence-corrected chi connectivity index (χ0v) is 20.7. The fourth-order valence-corrected chi connectivity index (χ4v) is 5.43. The monoisotopic (exact) mass is 486 g/mol. The van der Waals surface area contributed by atoms with E-state index < -0.39 is 15.3 Å². The average Bonchev–Trinajstić information content (AvgIpc) is 2.85. The smallest absolute Gasteiger partial charge is 0.227 e. The fourth-order valence-electron chi connectivity index (χ4n) is 4.46. The van der Waals surface area contributed by atoms with E-state index in [0.29, 0.717) is 25.7 Å². The number of nitrogens with one attached hydrogen (secondary N) is 2. The molecule has 1 aliphatic carbocycles. The SMILES string of the molecule is CC(C)S(=O)(=O)NC1CCC(C(=O)Nc2ccc(N3CCN(c4ncccn4)CC3)cc2)CC1. The van der Waals surface area contributed by atoms with Crippen molar-refractivity contribution in [3.8, 4) is 0 Å². The minimum Gasteiger partial charge on any atom is -0.368 e. The second kappa shape index (κ2) is 10.7. The molecule has 34 heavy (non-hydrogen) atoms. The molecule has 2 heterocycles. The van der Waals surface area contributed by atoms with Crippen LogP contribution in [0.3, 0.4) is 0 Å². The van der Waals surface area contributed by atoms with Crippen molar-refractivity contribution in [2.75, 3.05) is 41.3 Å². The lowest BCUT2D eigenvalue weighted by Gasteiger charge is -2.36. The van der Waals surface area contributed by atoms with E-state index in [4.69, 9.17) is 0 Å². The summed E-state index contributed by atoms with van der Waals surface area (Å²) in [5, 5.41) is 2.58. The first-order valence-electron chi connectivity index (χ1n) is 12.0. The van der Waals surface area contributed by atoms with Crippen LogP contribution in [-0.4, -0.2) is 61.8 Å². The van der Waals surface area contributed by atoms with E-state index >= 15 is 0 Å². The minimum absolute atomic E-state index is 0.00870. The Kier molecular flexibility index (Phi) is 7.67. The van der Waals surface area contributed by atoms with Gasteiger partial charge in [-0.25, -0.2) is 23.1 Å². The minimum atomic E-state index is -3.28. The molecule has 0 radical (unpaired) electrons. The topological polar surface area (TPSA) is 108 Å². The van der Waals surface area contributed by atoms with Gasteiger partial charge in [-0.15, -0.1) is 0 Å². The van der Waals surface area contributed by atoms with Crippen molar-refractivity contribution in [1.82, 2.24) is 14.7 Å². The van der Waals surface area contributed by atoms with Crippen LogP contribution in [0.2, 0.25) is 0 Å². The van der Waals surface area contributed by atoms with Crippen molar-refractivity contribution in [1.29, 1.82) is 0 Å². The van der Waals surface area contributed by atoms with Gasteiger partial charge in [0.1, 0.15) is 0 Å². The molecule has 2 aliphatic rings. The fraction of sp³-hybridized carbons (Fsp3) is 0.542. The Bertz CT molecular complexity index is 1050. The third kappa shape index (κ3) is 6.04. The summed E-state index contributed by atoms with van der Waals surface area (Å²) in [6.45, 7) is 6.83. The van der Waals surface area contributed by atoms with Crippen molar-refractivity contribution in [3.63, 3.8) is 0 Å². The number of hydrogen-bond donors (Lipinski definition) is 2. The average molecular weight is 487 g/mol. The van der Waals surface area contributed by atoms with E-state index in [2.05, 4.69) is 29.8 Å². The maximum atomic E-state index is 12.7. The van der Waals surface area contributed by atoms with Crippen molar-refractivity contribution in [2.24, 2.45) is 5.92 Å². The molecule has 0 unspecified atom stereocenters. The van der Waals surface area contributed by atoms with Crippen molar-refractivity contribution < 1.29 is 13.2 Å². The zero-order chi connectivity index (χ0) is 24.1. The summed E-state index contributed by atoms with van der Waals surface area (Å²) in [5.74, 6) is 0.689. The van der Waals surface area contributed by atoms with Crippen LogP contribution >= 0.6 is 0 Å². The molecule has 0 spiro atoms. The van der Waals surface area contributed by atoms with E-state index in [0.717, 1.165) is 43.5 Å². The molecule has 10 heteroatoms. The summed E-state index contributed by atoms with van der Waals surface area (Å²) in [4.78, 5) is 25.9. The maximum Gasteiger partial charge on any atom is 0.227 e. The van der Waals surface area contributed by atoms with Gasteiger partial charge in [0.05, 0.1) is 5.25 Å². The molecule has 2 N–H and O–H groups in total. The molecule has 0 bridgehead atoms. The molecule has 4 rings (SSSR count). The highest BCUT2D eigenvalue weighted by atomic mass is 32.2. The molecule has 184 valence electrons. The number of aromatic nitrogens is 2. The van der Waals surface area contributed by atoms with Gasteiger partial charge in [-0.2, -0.15) is 0 Å². The van der Waals surface area contributed by atoms with Gasteiger partial charge in [0.25, 0.3) is 0 Å². The van der Waals surface area contributed by atoms with E-state index in [9.17, 15) is 13.2 Å². The van der Waals surface area contributed by atoms with Gasteiger partial charge >= 0.3 is 0 Å². The second-order valence-electron chi connectivity index (χ2n) is 9.32. The molecular formula is C24H34N6O3S. The molecule has 1 aromatic carbocycles. The maximum absolute atomic E-state index is 12.7. The summed E-state index contributed by atoms with van der Waals surface area (Å²) < 4.78 is 26.9. The van der Waals surface area contributed by atoms with Crippen molar-refractivity contribution in [3.05, 3.63) is 42.7 Å². The third-order valence-electron chi connectivity index (χ3n) is 6.66. The molecule has 1 saturated heterocycles. The van der Waals surface area contributed by atoms with Gasteiger partial charge in [-0.3, -0.25) is 4.79 Å². The summed E-state index contributed by atoms with van der Waals surface area (Å²) in [5.41, 5.74) is 1.91. The van der Waals surface area contributed by atoms with Crippen LogP contribution in [0, 0.1) is 5.92 Å². The predicted octanol–water partition coefficient (Wildman–Crippen LogP) is 2.63. The number of rotatable bonds is 7. The Balaban J connectivity index is 1.24. The van der Waals surface area contributed by atoms with Gasteiger partial charge in [-0.1, -0.05) is 0 Å². The number of anilines is 3. The molecule has 9 nitrogen and oxygen atoms in total. The number of nitrogens with zero attached hydrogens (tertiary/aromatic N) is 4. The first-order valence-corrected chi connectivity index (χ1v) is 13.6. The number of carbonyl (C=O) groups is 1. The molecule has 1 aromatic heterocycles. The second-order valence-corrected chi connectivity index (χ2v) is 11.6. The Hall–Kier alpha value is -2.72. The van der Waals surface area contributed by atoms with Crippen LogP contribution in [0.25, 0.3) is 0 Å². The quantitative estimate of drug-likeness (QED) is 0.619. The Morgan fingerprint density at radius 2 is 1.53 bits per heavy atom. The Morgan fingerprint density at radius 3 is 2.12 bits per heavy atom. The van der Waals surface area contributed by atoms with Gasteiger partial charge in [-0.05, 0) is 69.9 Å². The number of sulfonamides is 1. The lowest BCUT2D eigenvalue weighted by atomic mass is 9.86. The number of piperazine rings is 1. The van der Waals surface area contributed by atoms with Crippen LogP contribution in [0.15, 0.2) is 42.7 Å². The first-order chi connectivity index (χ1) is 16.3. The van der Waals surface area contributed by atoms with Gasteiger partial charge in [0, 0.05) is 61.9 Å². The number of hydrogen-bond acceptors (Lipinski definition) is 7. The van der Waals surface area contributed by atoms with Gasteiger partial charge in [0.2, 0.25) is 21.9 Å². The molecule has 1 aliphatic heterocycles. The van der Waals surface area contributed by atoms with E-state index in [1.165, 1.54) is 0 Å². The number of carbonyl (C=O) groups excluding carboxylic acids is 1. The highest BCUT2D eigenvalue weighted by Crippen LogP contribution is 2.27. The highest BCUT2D eigenvalue weighted by Gasteiger charge is 2.29. The van der Waals surface area contributed by atoms with Gasteiger partial charge < -0.3 is 15.1 Å². The molecule has 2 fully saturated rings. The summed E-state index contributed by atoms with van der Waals surface area (Å²) in [6.07, 6.45) is 6.27. The molecule has 1 amide bonds. The normalized spacial score (nSPS) is 21.5. The third-order valence-corrected chi connectivity index (χ3v) is 8.57. The first kappa shape index (κ1) is 24.4. The van der Waals surface area contributed by atoms with Crippen molar-refractivity contribution >= 4 is 33.3 Å². The van der Waals surface area contributed by atoms with E-state index in [-0.39, 0.29) is 17.9 Å². The largest absolute Gasteiger partial charge is 0.368 e. The molecular weight excluding hydrogens is 452 g/mol. The van der Waals surface area contributed by atoms with Crippen LogP contribution in [0.1, 0.15) is 39.5 Å². The number of benzene rings is 1. The van der Waals surface area contributed by atoms with E-state index in [1.807, 2.05) is 30.3 Å². The summed E-state index contributed by atoms with van der Waals surface area (Å²) in [7, 11) is -3.28. The Labute approximate surface area is 202 Å². The summed E-state index contributed by atoms with van der Waals surface area (Å²) >= 11 is 0. The highest BCUT2D eigenvalue weighted by molar-refractivity contribution is 7.90.